The van der Waals surface area contributed by atoms with Crippen molar-refractivity contribution in [1.82, 2.24) is 0 Å². The van der Waals surface area contributed by atoms with Gasteiger partial charge in [0.05, 0.1) is 4.92 Å². The van der Waals surface area contributed by atoms with E-state index in [9.17, 15) is 22.9 Å². The van der Waals surface area contributed by atoms with E-state index in [0.29, 0.717) is 0 Å². The Bertz CT molecular complexity index is 788. The minimum Gasteiger partial charge on any atom is -0.279 e. The van der Waals surface area contributed by atoms with Gasteiger partial charge in [0.1, 0.15) is 0 Å². The molecule has 0 saturated heterocycles. The summed E-state index contributed by atoms with van der Waals surface area (Å²) in [6.45, 7) is 1.83. The highest BCUT2D eigenvalue weighted by atomic mass is 32.2. The molecule has 0 aliphatic carbocycles. The second-order valence-electron chi connectivity index (χ2n) is 4.32. The zero-order valence-electron chi connectivity index (χ0n) is 10.9. The molecule has 0 radical (unpaired) electrons. The molecule has 2 aromatic rings. The van der Waals surface area contributed by atoms with Crippen LogP contribution in [0.1, 0.15) is 5.56 Å². The summed E-state index contributed by atoms with van der Waals surface area (Å²) in [5.74, 6) is -1.20. The molecule has 6 nitrogen and oxygen atoms in total. The Hall–Kier alpha value is -2.48. The zero-order valence-corrected chi connectivity index (χ0v) is 11.7. The highest BCUT2D eigenvalue weighted by molar-refractivity contribution is 7.92. The zero-order chi connectivity index (χ0) is 15.6. The van der Waals surface area contributed by atoms with Gasteiger partial charge >= 0.3 is 5.69 Å². The Labute approximate surface area is 120 Å². The van der Waals surface area contributed by atoms with E-state index >= 15 is 0 Å². The van der Waals surface area contributed by atoms with Crippen LogP contribution in [-0.2, 0) is 10.0 Å². The second kappa shape index (κ2) is 5.49. The van der Waals surface area contributed by atoms with Gasteiger partial charge in [0, 0.05) is 5.69 Å². The number of nitro benzene ring substituents is 1. The number of para-hydroxylation sites is 1. The average Bonchev–Trinajstić information content (AvgIpc) is 2.40. The van der Waals surface area contributed by atoms with Gasteiger partial charge in [0.15, 0.2) is 4.90 Å². The largest absolute Gasteiger partial charge is 0.325 e. The van der Waals surface area contributed by atoms with Crippen molar-refractivity contribution in [3.8, 4) is 0 Å². The van der Waals surface area contributed by atoms with Crippen LogP contribution >= 0.6 is 0 Å². The molecule has 1 N–H and O–H groups in total. The van der Waals surface area contributed by atoms with E-state index in [2.05, 4.69) is 4.72 Å². The van der Waals surface area contributed by atoms with Gasteiger partial charge in [-0.3, -0.25) is 14.8 Å². The Kier molecular flexibility index (Phi) is 3.90. The van der Waals surface area contributed by atoms with E-state index in [1.54, 1.807) is 12.1 Å². The molecule has 0 aromatic heterocycles. The van der Waals surface area contributed by atoms with Crippen molar-refractivity contribution in [2.45, 2.75) is 11.8 Å². The number of nitro groups is 1. The van der Waals surface area contributed by atoms with Crippen LogP contribution in [0.2, 0.25) is 0 Å². The molecule has 110 valence electrons. The van der Waals surface area contributed by atoms with E-state index in [4.69, 9.17) is 0 Å². The summed E-state index contributed by atoms with van der Waals surface area (Å²) >= 11 is 0. The third-order valence-corrected chi connectivity index (χ3v) is 4.14. The maximum Gasteiger partial charge on any atom is 0.325 e. The number of hydrogen-bond donors (Lipinski definition) is 1. The van der Waals surface area contributed by atoms with Crippen LogP contribution in [0.5, 0.6) is 0 Å². The molecule has 0 amide bonds. The van der Waals surface area contributed by atoms with E-state index < -0.39 is 31.3 Å². The summed E-state index contributed by atoms with van der Waals surface area (Å²) in [6, 6.07) is 9.30. The highest BCUT2D eigenvalue weighted by Gasteiger charge is 2.29. The van der Waals surface area contributed by atoms with Crippen LogP contribution in [0.15, 0.2) is 47.4 Å². The fraction of sp³-hybridized carbons (Fsp3) is 0.0769. The predicted octanol–water partition coefficient (Wildman–Crippen LogP) is 2.84. The molecule has 8 heteroatoms. The second-order valence-corrected chi connectivity index (χ2v) is 5.97. The van der Waals surface area contributed by atoms with E-state index in [1.165, 1.54) is 12.1 Å². The Morgan fingerprint density at radius 2 is 1.76 bits per heavy atom. The monoisotopic (exact) mass is 310 g/mol. The summed E-state index contributed by atoms with van der Waals surface area (Å²) in [5.41, 5.74) is 0.0888. The minimum atomic E-state index is -4.26. The summed E-state index contributed by atoms with van der Waals surface area (Å²) in [7, 11) is -4.26. The molecule has 0 saturated carbocycles. The molecule has 0 aliphatic heterocycles. The van der Waals surface area contributed by atoms with Gasteiger partial charge in [-0.15, -0.1) is 0 Å². The summed E-state index contributed by atoms with van der Waals surface area (Å²) in [4.78, 5) is 9.09. The van der Waals surface area contributed by atoms with Gasteiger partial charge in [-0.2, -0.15) is 4.39 Å². The third-order valence-electron chi connectivity index (χ3n) is 2.73. The van der Waals surface area contributed by atoms with Crippen molar-refractivity contribution < 1.29 is 17.7 Å². The van der Waals surface area contributed by atoms with Crippen LogP contribution in [0.4, 0.5) is 15.8 Å². The summed E-state index contributed by atoms with van der Waals surface area (Å²) in [6.07, 6.45) is 0. The first-order chi connectivity index (χ1) is 9.81. The first kappa shape index (κ1) is 14.9. The van der Waals surface area contributed by atoms with E-state index in [1.807, 2.05) is 6.92 Å². The molecule has 2 rings (SSSR count). The summed E-state index contributed by atoms with van der Waals surface area (Å²) in [5, 5.41) is 10.9. The minimum absolute atomic E-state index is 0.235. The lowest BCUT2D eigenvalue weighted by atomic mass is 10.2. The van der Waals surface area contributed by atoms with E-state index in [0.717, 1.165) is 23.8 Å². The van der Waals surface area contributed by atoms with Gasteiger partial charge < -0.3 is 0 Å². The van der Waals surface area contributed by atoms with Gasteiger partial charge in [0.2, 0.25) is 5.82 Å². The normalized spacial score (nSPS) is 11.1. The van der Waals surface area contributed by atoms with Gasteiger partial charge in [-0.05, 0) is 31.2 Å². The van der Waals surface area contributed by atoms with Gasteiger partial charge in [0.25, 0.3) is 10.0 Å². The standard InChI is InChI=1S/C13H11FN2O4S/c1-9-5-7-10(8-6-9)15-21(19,20)12-4-2-3-11(14)13(12)16(17)18/h2-8,15H,1H3. The number of hydrogen-bond acceptors (Lipinski definition) is 4. The maximum atomic E-state index is 13.5. The molecule has 0 heterocycles. The number of benzene rings is 2. The van der Waals surface area contributed by atoms with Crippen molar-refractivity contribution in [2.75, 3.05) is 4.72 Å². The quantitative estimate of drug-likeness (QED) is 0.694. The lowest BCUT2D eigenvalue weighted by Gasteiger charge is -2.09. The number of anilines is 1. The number of nitrogens with zero attached hydrogens (tertiary/aromatic N) is 1. The maximum absolute atomic E-state index is 13.5. The van der Waals surface area contributed by atoms with Gasteiger partial charge in [-0.1, -0.05) is 23.8 Å². The van der Waals surface area contributed by atoms with Crippen LogP contribution in [0.25, 0.3) is 0 Å². The lowest BCUT2D eigenvalue weighted by molar-refractivity contribution is -0.390. The van der Waals surface area contributed by atoms with Crippen molar-refractivity contribution in [1.29, 1.82) is 0 Å². The average molecular weight is 310 g/mol. The smallest absolute Gasteiger partial charge is 0.279 e. The third kappa shape index (κ3) is 3.16. The first-order valence-electron chi connectivity index (χ1n) is 5.83. The molecule has 2 aromatic carbocycles. The fourth-order valence-corrected chi connectivity index (χ4v) is 2.96. The lowest BCUT2D eigenvalue weighted by Crippen LogP contribution is -2.15. The Morgan fingerprint density at radius 1 is 1.14 bits per heavy atom. The molecule has 0 fully saturated rings. The SMILES string of the molecule is Cc1ccc(NS(=O)(=O)c2cccc(F)c2[N+](=O)[O-])cc1. The van der Waals surface area contributed by atoms with Crippen molar-refractivity contribution >= 4 is 21.4 Å². The van der Waals surface area contributed by atoms with Gasteiger partial charge in [-0.25, -0.2) is 8.42 Å². The fourth-order valence-electron chi connectivity index (χ4n) is 1.72. The first-order valence-corrected chi connectivity index (χ1v) is 7.32. The summed E-state index contributed by atoms with van der Waals surface area (Å²) < 4.78 is 40.0. The topological polar surface area (TPSA) is 89.3 Å². The molecule has 0 aliphatic rings. The molecule has 0 bridgehead atoms. The van der Waals surface area contributed by atoms with Crippen molar-refractivity contribution in [3.63, 3.8) is 0 Å². The number of halogens is 1. The molecular formula is C13H11FN2O4S. The van der Waals surface area contributed by atoms with Crippen LogP contribution in [0.3, 0.4) is 0 Å². The van der Waals surface area contributed by atoms with Crippen LogP contribution < -0.4 is 4.72 Å². The highest BCUT2D eigenvalue weighted by Crippen LogP contribution is 2.28. The number of rotatable bonds is 4. The van der Waals surface area contributed by atoms with Crippen molar-refractivity contribution in [3.05, 3.63) is 64.0 Å². The molecule has 0 unspecified atom stereocenters. The molecule has 21 heavy (non-hydrogen) atoms. The predicted molar refractivity (Wildman–Crippen MR) is 75.0 cm³/mol. The Morgan fingerprint density at radius 3 is 2.33 bits per heavy atom. The van der Waals surface area contributed by atoms with Crippen LogP contribution in [0, 0.1) is 22.9 Å². The molecular weight excluding hydrogens is 299 g/mol. The van der Waals surface area contributed by atoms with E-state index in [-0.39, 0.29) is 5.69 Å². The molecule has 0 atom stereocenters. The Balaban J connectivity index is 2.47. The number of nitrogens with one attached hydrogen (secondary N) is 1. The van der Waals surface area contributed by atoms with Crippen molar-refractivity contribution in [2.24, 2.45) is 0 Å². The molecule has 0 spiro atoms. The number of sulfonamides is 1. The van der Waals surface area contributed by atoms with Crippen LogP contribution in [-0.4, -0.2) is 13.3 Å². The number of aryl methyl sites for hydroxylation is 1.